The molecule has 1 rings (SSSR count). The Morgan fingerprint density at radius 1 is 1.23 bits per heavy atom. The Bertz CT molecular complexity index is 421. The van der Waals surface area contributed by atoms with Gasteiger partial charge >= 0.3 is 0 Å². The van der Waals surface area contributed by atoms with Crippen LogP contribution in [-0.2, 0) is 11.3 Å². The number of nitrogens with zero attached hydrogens (tertiary/aromatic N) is 2. The molecule has 0 aliphatic rings. The zero-order chi connectivity index (χ0) is 16.0. The van der Waals surface area contributed by atoms with Gasteiger partial charge in [0.25, 0.3) is 0 Å². The number of hydrogen-bond donors (Lipinski definition) is 2. The van der Waals surface area contributed by atoms with Gasteiger partial charge in [-0.25, -0.2) is 4.98 Å². The molecule has 0 unspecified atom stereocenters. The summed E-state index contributed by atoms with van der Waals surface area (Å²) < 4.78 is 10.8. The van der Waals surface area contributed by atoms with Crippen LogP contribution in [0.1, 0.15) is 32.3 Å². The third-order valence-corrected chi connectivity index (χ3v) is 2.90. The second-order valence-corrected chi connectivity index (χ2v) is 4.76. The maximum absolute atomic E-state index is 5.46. The predicted molar refractivity (Wildman–Crippen MR) is 89.3 cm³/mol. The number of nitrogens with one attached hydrogen (secondary N) is 2. The van der Waals surface area contributed by atoms with Gasteiger partial charge < -0.3 is 20.1 Å². The highest BCUT2D eigenvalue weighted by Crippen LogP contribution is 2.07. The first kappa shape index (κ1) is 18.2. The van der Waals surface area contributed by atoms with Crippen LogP contribution in [0.3, 0.4) is 0 Å². The lowest BCUT2D eigenvalue weighted by atomic mass is 10.3. The molecule has 0 aliphatic heterocycles. The molecule has 0 bridgehead atoms. The zero-order valence-electron chi connectivity index (χ0n) is 13.9. The van der Waals surface area contributed by atoms with Crippen LogP contribution in [0, 0.1) is 0 Å². The van der Waals surface area contributed by atoms with Crippen LogP contribution in [-0.4, -0.2) is 44.4 Å². The highest BCUT2D eigenvalue weighted by molar-refractivity contribution is 5.79. The first-order valence-electron chi connectivity index (χ1n) is 7.90. The number of pyridine rings is 1. The van der Waals surface area contributed by atoms with Crippen molar-refractivity contribution < 1.29 is 9.47 Å². The Balaban J connectivity index is 2.27. The Morgan fingerprint density at radius 3 is 2.73 bits per heavy atom. The van der Waals surface area contributed by atoms with E-state index in [-0.39, 0.29) is 0 Å². The van der Waals surface area contributed by atoms with Crippen LogP contribution in [0.25, 0.3) is 0 Å². The fourth-order valence-electron chi connectivity index (χ4n) is 1.74. The van der Waals surface area contributed by atoms with Gasteiger partial charge in [0.2, 0.25) is 5.88 Å². The van der Waals surface area contributed by atoms with Crippen molar-refractivity contribution in [1.82, 2.24) is 15.6 Å². The number of rotatable bonds is 10. The van der Waals surface area contributed by atoms with Gasteiger partial charge in [0.1, 0.15) is 0 Å². The molecule has 0 aliphatic carbocycles. The summed E-state index contributed by atoms with van der Waals surface area (Å²) in [6, 6.07) is 3.90. The third kappa shape index (κ3) is 7.83. The van der Waals surface area contributed by atoms with Crippen molar-refractivity contribution in [3.63, 3.8) is 0 Å². The van der Waals surface area contributed by atoms with E-state index in [1.54, 1.807) is 7.05 Å². The standard InChI is InChI=1S/C16H28N4O2/c1-4-10-22-15-8-7-14(12-19-15)13-20-16(17-3)18-9-6-11-21-5-2/h7-8,12H,4-6,9-11,13H2,1-3H3,(H2,17,18,20). The van der Waals surface area contributed by atoms with Gasteiger partial charge in [-0.2, -0.15) is 0 Å². The minimum atomic E-state index is 0.670. The molecule has 0 atom stereocenters. The summed E-state index contributed by atoms with van der Waals surface area (Å²) in [4.78, 5) is 8.46. The number of aliphatic imine (C=N–C) groups is 1. The fourth-order valence-corrected chi connectivity index (χ4v) is 1.74. The summed E-state index contributed by atoms with van der Waals surface area (Å²) in [5, 5.41) is 6.51. The van der Waals surface area contributed by atoms with E-state index in [0.717, 1.165) is 44.1 Å². The molecule has 124 valence electrons. The molecule has 1 heterocycles. The molecule has 0 fully saturated rings. The molecule has 0 saturated carbocycles. The van der Waals surface area contributed by atoms with Crippen molar-refractivity contribution in [2.75, 3.05) is 33.4 Å². The maximum atomic E-state index is 5.46. The van der Waals surface area contributed by atoms with Crippen molar-refractivity contribution in [2.24, 2.45) is 4.99 Å². The average molecular weight is 308 g/mol. The number of guanidine groups is 1. The molecule has 6 nitrogen and oxygen atoms in total. The van der Waals surface area contributed by atoms with E-state index in [4.69, 9.17) is 9.47 Å². The zero-order valence-corrected chi connectivity index (χ0v) is 13.9. The summed E-state index contributed by atoms with van der Waals surface area (Å²) in [6.07, 6.45) is 3.76. The second kappa shape index (κ2) is 11.8. The molecule has 0 spiro atoms. The van der Waals surface area contributed by atoms with Crippen LogP contribution in [0.5, 0.6) is 5.88 Å². The molecule has 1 aromatic heterocycles. The van der Waals surface area contributed by atoms with Gasteiger partial charge in [-0.1, -0.05) is 13.0 Å². The minimum absolute atomic E-state index is 0.670. The third-order valence-electron chi connectivity index (χ3n) is 2.90. The molecular formula is C16H28N4O2. The molecular weight excluding hydrogens is 280 g/mol. The van der Waals surface area contributed by atoms with Gasteiger partial charge in [0.15, 0.2) is 5.96 Å². The maximum Gasteiger partial charge on any atom is 0.213 e. The quantitative estimate of drug-likeness (QED) is 0.393. The van der Waals surface area contributed by atoms with Crippen molar-refractivity contribution >= 4 is 5.96 Å². The van der Waals surface area contributed by atoms with Crippen molar-refractivity contribution in [3.8, 4) is 5.88 Å². The molecule has 2 N–H and O–H groups in total. The lowest BCUT2D eigenvalue weighted by Crippen LogP contribution is -2.37. The van der Waals surface area contributed by atoms with E-state index >= 15 is 0 Å². The molecule has 6 heteroatoms. The smallest absolute Gasteiger partial charge is 0.213 e. The number of ether oxygens (including phenoxy) is 2. The highest BCUT2D eigenvalue weighted by Gasteiger charge is 2.00. The fraction of sp³-hybridized carbons (Fsp3) is 0.625. The van der Waals surface area contributed by atoms with Gasteiger partial charge in [0, 0.05) is 45.6 Å². The monoisotopic (exact) mass is 308 g/mol. The highest BCUT2D eigenvalue weighted by atomic mass is 16.5. The normalized spacial score (nSPS) is 11.3. The topological polar surface area (TPSA) is 67.8 Å². The second-order valence-electron chi connectivity index (χ2n) is 4.76. The number of aromatic nitrogens is 1. The SMILES string of the molecule is CCCOc1ccc(CNC(=NC)NCCCOCC)cn1. The van der Waals surface area contributed by atoms with Crippen LogP contribution in [0.15, 0.2) is 23.3 Å². The van der Waals surface area contributed by atoms with E-state index in [2.05, 4.69) is 27.5 Å². The van der Waals surface area contributed by atoms with Gasteiger partial charge in [-0.05, 0) is 25.3 Å². The van der Waals surface area contributed by atoms with Crippen molar-refractivity contribution in [2.45, 2.75) is 33.2 Å². The van der Waals surface area contributed by atoms with Crippen molar-refractivity contribution in [3.05, 3.63) is 23.9 Å². The Kier molecular flexibility index (Phi) is 9.78. The molecule has 1 aromatic rings. The van der Waals surface area contributed by atoms with E-state index in [1.807, 2.05) is 25.3 Å². The van der Waals surface area contributed by atoms with E-state index in [1.165, 1.54) is 0 Å². The Hall–Kier alpha value is -1.82. The van der Waals surface area contributed by atoms with Crippen LogP contribution < -0.4 is 15.4 Å². The summed E-state index contributed by atoms with van der Waals surface area (Å²) in [5.74, 6) is 1.45. The Labute approximate surface area is 133 Å². The van der Waals surface area contributed by atoms with E-state index in [0.29, 0.717) is 19.0 Å². The average Bonchev–Trinajstić information content (AvgIpc) is 2.56. The first-order valence-corrected chi connectivity index (χ1v) is 7.90. The molecule has 22 heavy (non-hydrogen) atoms. The summed E-state index contributed by atoms with van der Waals surface area (Å²) >= 11 is 0. The first-order chi connectivity index (χ1) is 10.8. The predicted octanol–water partition coefficient (Wildman–Crippen LogP) is 1.96. The van der Waals surface area contributed by atoms with Gasteiger partial charge in [0.05, 0.1) is 6.61 Å². The Morgan fingerprint density at radius 2 is 2.09 bits per heavy atom. The van der Waals surface area contributed by atoms with Crippen molar-refractivity contribution in [1.29, 1.82) is 0 Å². The largest absolute Gasteiger partial charge is 0.478 e. The lowest BCUT2D eigenvalue weighted by molar-refractivity contribution is 0.145. The minimum Gasteiger partial charge on any atom is -0.478 e. The van der Waals surface area contributed by atoms with Gasteiger partial charge in [-0.15, -0.1) is 0 Å². The van der Waals surface area contributed by atoms with Gasteiger partial charge in [-0.3, -0.25) is 4.99 Å². The van der Waals surface area contributed by atoms with E-state index in [9.17, 15) is 0 Å². The van der Waals surface area contributed by atoms with Crippen LogP contribution in [0.4, 0.5) is 0 Å². The van der Waals surface area contributed by atoms with Crippen LogP contribution >= 0.6 is 0 Å². The molecule has 0 saturated heterocycles. The molecule has 0 radical (unpaired) electrons. The van der Waals surface area contributed by atoms with Crippen LogP contribution in [0.2, 0.25) is 0 Å². The number of hydrogen-bond acceptors (Lipinski definition) is 4. The summed E-state index contributed by atoms with van der Waals surface area (Å²) in [7, 11) is 1.76. The lowest BCUT2D eigenvalue weighted by Gasteiger charge is -2.12. The molecule has 0 amide bonds. The summed E-state index contributed by atoms with van der Waals surface area (Å²) in [6.45, 7) is 7.81. The van der Waals surface area contributed by atoms with E-state index < -0.39 is 0 Å². The summed E-state index contributed by atoms with van der Waals surface area (Å²) in [5.41, 5.74) is 1.08. The molecule has 0 aromatic carbocycles.